The predicted molar refractivity (Wildman–Crippen MR) is 60.4 cm³/mol. The Hall–Kier alpha value is -0.350. The molecule has 0 aromatic carbocycles. The summed E-state index contributed by atoms with van der Waals surface area (Å²) in [5.74, 6) is 0. The highest BCUT2D eigenvalue weighted by molar-refractivity contribution is 6.41. The van der Waals surface area contributed by atoms with E-state index in [2.05, 4.69) is 10.3 Å². The van der Waals surface area contributed by atoms with Crippen molar-refractivity contribution in [3.63, 3.8) is 0 Å². The number of β-amino-alcohol motifs (C(OH)–C–C–N with tert-alkyl or cyclic N) is 1. The predicted octanol–water partition coefficient (Wildman–Crippen LogP) is 1.66. The molecule has 1 aromatic rings. The van der Waals surface area contributed by atoms with Crippen molar-refractivity contribution in [1.82, 2.24) is 10.3 Å². The topological polar surface area (TPSA) is 45.2 Å². The largest absolute Gasteiger partial charge is 0.388 e. The van der Waals surface area contributed by atoms with Gasteiger partial charge < -0.3 is 10.4 Å². The smallest absolute Gasteiger partial charge is 0.147 e. The average molecular weight is 247 g/mol. The summed E-state index contributed by atoms with van der Waals surface area (Å²) in [6.07, 6.45) is 2.97. The SMILES string of the molecule is OC1(Cc2cnc(Cl)c(Cl)c2)CCNC1. The van der Waals surface area contributed by atoms with Gasteiger partial charge in [0.15, 0.2) is 0 Å². The van der Waals surface area contributed by atoms with E-state index in [1.165, 1.54) is 0 Å². The molecule has 1 aromatic heterocycles. The molecule has 1 aliphatic rings. The van der Waals surface area contributed by atoms with Crippen LogP contribution in [0.2, 0.25) is 10.2 Å². The lowest BCUT2D eigenvalue weighted by Crippen LogP contribution is -2.33. The van der Waals surface area contributed by atoms with Gasteiger partial charge >= 0.3 is 0 Å². The zero-order chi connectivity index (χ0) is 10.9. The van der Waals surface area contributed by atoms with Crippen LogP contribution in [0.5, 0.6) is 0 Å². The van der Waals surface area contributed by atoms with E-state index in [-0.39, 0.29) is 0 Å². The van der Waals surface area contributed by atoms with Crippen LogP contribution < -0.4 is 5.32 Å². The van der Waals surface area contributed by atoms with Crippen LogP contribution >= 0.6 is 23.2 Å². The van der Waals surface area contributed by atoms with Gasteiger partial charge in [-0.2, -0.15) is 0 Å². The number of aliphatic hydroxyl groups is 1. The normalized spacial score (nSPS) is 25.8. The lowest BCUT2D eigenvalue weighted by molar-refractivity contribution is 0.0618. The Labute approximate surface area is 98.4 Å². The first-order valence-electron chi connectivity index (χ1n) is 4.82. The maximum atomic E-state index is 10.1. The molecule has 15 heavy (non-hydrogen) atoms. The van der Waals surface area contributed by atoms with Crippen LogP contribution in [0.3, 0.4) is 0 Å². The number of pyridine rings is 1. The van der Waals surface area contributed by atoms with Crippen LogP contribution in [0.4, 0.5) is 0 Å². The summed E-state index contributed by atoms with van der Waals surface area (Å²) >= 11 is 11.6. The number of rotatable bonds is 2. The molecule has 1 fully saturated rings. The van der Waals surface area contributed by atoms with Gasteiger partial charge in [-0.3, -0.25) is 0 Å². The van der Waals surface area contributed by atoms with Gasteiger partial charge in [-0.1, -0.05) is 23.2 Å². The first-order valence-corrected chi connectivity index (χ1v) is 5.58. The zero-order valence-corrected chi connectivity index (χ0v) is 9.65. The molecule has 82 valence electrons. The second kappa shape index (κ2) is 4.26. The first-order chi connectivity index (χ1) is 7.09. The third kappa shape index (κ3) is 2.61. The molecule has 0 bridgehead atoms. The molecular formula is C10H12Cl2N2O. The third-order valence-electron chi connectivity index (χ3n) is 2.61. The lowest BCUT2D eigenvalue weighted by Gasteiger charge is -2.20. The number of nitrogens with one attached hydrogen (secondary N) is 1. The summed E-state index contributed by atoms with van der Waals surface area (Å²) in [7, 11) is 0. The first kappa shape index (κ1) is 11.1. The number of hydrogen-bond donors (Lipinski definition) is 2. The molecule has 1 unspecified atom stereocenters. The summed E-state index contributed by atoms with van der Waals surface area (Å²) in [4.78, 5) is 3.95. The molecule has 2 heterocycles. The van der Waals surface area contributed by atoms with E-state index in [1.54, 1.807) is 12.3 Å². The Balaban J connectivity index is 2.13. The van der Waals surface area contributed by atoms with Crippen LogP contribution in [0, 0.1) is 0 Å². The van der Waals surface area contributed by atoms with Gasteiger partial charge in [0, 0.05) is 19.2 Å². The molecule has 5 heteroatoms. The van der Waals surface area contributed by atoms with E-state index in [9.17, 15) is 5.11 Å². The number of aromatic nitrogens is 1. The zero-order valence-electron chi connectivity index (χ0n) is 8.13. The molecule has 1 aliphatic heterocycles. The molecule has 0 radical (unpaired) electrons. The van der Waals surface area contributed by atoms with Crippen molar-refractivity contribution < 1.29 is 5.11 Å². The van der Waals surface area contributed by atoms with Gasteiger partial charge in [-0.15, -0.1) is 0 Å². The van der Waals surface area contributed by atoms with Crippen LogP contribution in [-0.2, 0) is 6.42 Å². The quantitative estimate of drug-likeness (QED) is 0.781. The van der Waals surface area contributed by atoms with Gasteiger partial charge in [0.05, 0.1) is 10.6 Å². The number of hydrogen-bond acceptors (Lipinski definition) is 3. The minimum absolute atomic E-state index is 0.303. The van der Waals surface area contributed by atoms with E-state index in [4.69, 9.17) is 23.2 Å². The van der Waals surface area contributed by atoms with E-state index >= 15 is 0 Å². The maximum absolute atomic E-state index is 10.1. The Morgan fingerprint density at radius 3 is 2.93 bits per heavy atom. The van der Waals surface area contributed by atoms with Crippen molar-refractivity contribution in [3.8, 4) is 0 Å². The Kier molecular flexibility index (Phi) is 3.16. The van der Waals surface area contributed by atoms with Gasteiger partial charge in [0.1, 0.15) is 5.15 Å². The standard InChI is InChI=1S/C10H12Cl2N2O/c11-8-3-7(5-14-9(8)12)4-10(15)1-2-13-6-10/h3,5,13,15H,1-2,4,6H2. The second-order valence-corrected chi connectivity index (χ2v) is 4.71. The highest BCUT2D eigenvalue weighted by atomic mass is 35.5. The van der Waals surface area contributed by atoms with E-state index in [0.717, 1.165) is 18.5 Å². The highest BCUT2D eigenvalue weighted by Crippen LogP contribution is 2.24. The minimum atomic E-state index is -0.668. The molecule has 2 N–H and O–H groups in total. The Morgan fingerprint density at radius 1 is 1.53 bits per heavy atom. The summed E-state index contributed by atoms with van der Waals surface area (Å²) < 4.78 is 0. The van der Waals surface area contributed by atoms with Crippen LogP contribution in [0.15, 0.2) is 12.3 Å². The molecule has 2 rings (SSSR count). The second-order valence-electron chi connectivity index (χ2n) is 3.94. The van der Waals surface area contributed by atoms with Crippen molar-refractivity contribution >= 4 is 23.2 Å². The van der Waals surface area contributed by atoms with Crippen LogP contribution in [-0.4, -0.2) is 28.8 Å². The highest BCUT2D eigenvalue weighted by Gasteiger charge is 2.31. The molecule has 1 atom stereocenters. The molecule has 3 nitrogen and oxygen atoms in total. The Bertz CT molecular complexity index is 364. The van der Waals surface area contributed by atoms with Gasteiger partial charge in [-0.05, 0) is 24.6 Å². The maximum Gasteiger partial charge on any atom is 0.147 e. The van der Waals surface area contributed by atoms with Crippen molar-refractivity contribution in [3.05, 3.63) is 28.0 Å². The average Bonchev–Trinajstić information content (AvgIpc) is 2.59. The summed E-state index contributed by atoms with van der Waals surface area (Å²) in [6.45, 7) is 1.47. The number of halogens is 2. The fourth-order valence-corrected chi connectivity index (χ4v) is 2.11. The van der Waals surface area contributed by atoms with Crippen LogP contribution in [0.25, 0.3) is 0 Å². The van der Waals surface area contributed by atoms with Crippen molar-refractivity contribution in [2.75, 3.05) is 13.1 Å². The van der Waals surface area contributed by atoms with E-state index in [0.29, 0.717) is 23.1 Å². The van der Waals surface area contributed by atoms with Crippen molar-refractivity contribution in [1.29, 1.82) is 0 Å². The summed E-state index contributed by atoms with van der Waals surface area (Å²) in [5, 5.41) is 14.0. The molecule has 0 aliphatic carbocycles. The summed E-state index contributed by atoms with van der Waals surface area (Å²) in [5.41, 5.74) is 0.245. The molecule has 0 saturated carbocycles. The Morgan fingerprint density at radius 2 is 2.33 bits per heavy atom. The summed E-state index contributed by atoms with van der Waals surface area (Å²) in [6, 6.07) is 1.76. The van der Waals surface area contributed by atoms with Gasteiger partial charge in [0.25, 0.3) is 0 Å². The van der Waals surface area contributed by atoms with Crippen molar-refractivity contribution in [2.24, 2.45) is 0 Å². The minimum Gasteiger partial charge on any atom is -0.388 e. The fourth-order valence-electron chi connectivity index (χ4n) is 1.82. The van der Waals surface area contributed by atoms with Gasteiger partial charge in [-0.25, -0.2) is 4.98 Å². The number of nitrogens with zero attached hydrogens (tertiary/aromatic N) is 1. The van der Waals surface area contributed by atoms with E-state index in [1.807, 2.05) is 0 Å². The molecule has 0 amide bonds. The van der Waals surface area contributed by atoms with Crippen LogP contribution in [0.1, 0.15) is 12.0 Å². The fraction of sp³-hybridized carbons (Fsp3) is 0.500. The van der Waals surface area contributed by atoms with Crippen molar-refractivity contribution in [2.45, 2.75) is 18.4 Å². The molecule has 1 saturated heterocycles. The monoisotopic (exact) mass is 246 g/mol. The third-order valence-corrected chi connectivity index (χ3v) is 3.29. The lowest BCUT2D eigenvalue weighted by atomic mass is 9.95. The molecular weight excluding hydrogens is 235 g/mol. The molecule has 0 spiro atoms. The van der Waals surface area contributed by atoms with Gasteiger partial charge in [0.2, 0.25) is 0 Å². The van der Waals surface area contributed by atoms with E-state index < -0.39 is 5.60 Å².